The smallest absolute Gasteiger partial charge is 0.135 e. The standard InChI is InChI=1S/C9H2N5/c10-2-1-9(7(3-11)4-12)8(5-13)6-14/h1H2/q-1. The second-order valence-corrected chi connectivity index (χ2v) is 2.01. The highest BCUT2D eigenvalue weighted by atomic mass is 14.3. The first-order valence-corrected chi connectivity index (χ1v) is 3.33. The summed E-state index contributed by atoms with van der Waals surface area (Å²) < 4.78 is 0. The number of hydrogen-bond acceptors (Lipinski definition) is 4. The summed E-state index contributed by atoms with van der Waals surface area (Å²) >= 11 is 0. The van der Waals surface area contributed by atoms with Crippen molar-refractivity contribution in [3.8, 4) is 24.3 Å². The molecule has 0 spiro atoms. The normalized spacial score (nSPS) is 6.57. The molecule has 0 aliphatic carbocycles. The Morgan fingerprint density at radius 1 is 1.00 bits per heavy atom. The zero-order chi connectivity index (χ0) is 11.0. The third-order valence-corrected chi connectivity index (χ3v) is 1.31. The molecule has 0 aliphatic rings. The van der Waals surface area contributed by atoms with Gasteiger partial charge in [-0.1, -0.05) is 0 Å². The lowest BCUT2D eigenvalue weighted by molar-refractivity contribution is 1.23. The zero-order valence-corrected chi connectivity index (χ0v) is 6.94. The molecule has 14 heavy (non-hydrogen) atoms. The third kappa shape index (κ3) is 2.33. The summed E-state index contributed by atoms with van der Waals surface area (Å²) in [6, 6.07) is 6.27. The summed E-state index contributed by atoms with van der Waals surface area (Å²) in [7, 11) is 0. The first-order valence-electron chi connectivity index (χ1n) is 3.33. The van der Waals surface area contributed by atoms with Crippen LogP contribution in [0.4, 0.5) is 0 Å². The van der Waals surface area contributed by atoms with Crippen molar-refractivity contribution in [3.05, 3.63) is 22.1 Å². The van der Waals surface area contributed by atoms with E-state index >= 15 is 0 Å². The third-order valence-electron chi connectivity index (χ3n) is 1.31. The second-order valence-electron chi connectivity index (χ2n) is 2.01. The predicted octanol–water partition coefficient (Wildman–Crippen LogP) is 0.933. The maximum atomic E-state index is 8.49. The zero-order valence-electron chi connectivity index (χ0n) is 6.94. The van der Waals surface area contributed by atoms with Crippen molar-refractivity contribution in [1.82, 2.24) is 0 Å². The van der Waals surface area contributed by atoms with Gasteiger partial charge in [0.2, 0.25) is 0 Å². The van der Waals surface area contributed by atoms with Gasteiger partial charge in [0.1, 0.15) is 23.8 Å². The molecular formula is C9H2N5-. The van der Waals surface area contributed by atoms with E-state index < -0.39 is 0 Å². The monoisotopic (exact) mass is 180 g/mol. The van der Waals surface area contributed by atoms with Gasteiger partial charge < -0.3 is 5.41 Å². The number of nitriles is 4. The van der Waals surface area contributed by atoms with Crippen LogP contribution in [0.3, 0.4) is 0 Å². The summed E-state index contributed by atoms with van der Waals surface area (Å²) in [5.41, 5.74) is -0.850. The number of hydrogen-bond donors (Lipinski definition) is 0. The Balaban J connectivity index is 5.67. The molecule has 0 heterocycles. The van der Waals surface area contributed by atoms with Crippen molar-refractivity contribution in [3.63, 3.8) is 0 Å². The highest BCUT2D eigenvalue weighted by Crippen LogP contribution is 2.15. The number of nitrogens with zero attached hydrogens (tertiary/aromatic N) is 5. The largest absolute Gasteiger partial charge is 0.762 e. The Morgan fingerprint density at radius 2 is 1.57 bits per heavy atom. The molecule has 0 N–H and O–H groups in total. The van der Waals surface area contributed by atoms with E-state index in [1.54, 1.807) is 6.07 Å². The Kier molecular flexibility index (Phi) is 4.58. The van der Waals surface area contributed by atoms with Crippen molar-refractivity contribution in [2.24, 2.45) is 0 Å². The van der Waals surface area contributed by atoms with Gasteiger partial charge in [0.25, 0.3) is 0 Å². The van der Waals surface area contributed by atoms with Crippen LogP contribution in [0.15, 0.2) is 16.7 Å². The molecule has 0 bridgehead atoms. The highest BCUT2D eigenvalue weighted by Gasteiger charge is 2.09. The van der Waals surface area contributed by atoms with Gasteiger partial charge in [-0.05, 0) is 0 Å². The molecule has 0 amide bonds. The van der Waals surface area contributed by atoms with E-state index in [0.29, 0.717) is 0 Å². The highest BCUT2D eigenvalue weighted by molar-refractivity contribution is 5.75. The van der Waals surface area contributed by atoms with E-state index in [2.05, 4.69) is 0 Å². The van der Waals surface area contributed by atoms with E-state index in [1.807, 2.05) is 0 Å². The van der Waals surface area contributed by atoms with Gasteiger partial charge in [-0.2, -0.15) is 21.0 Å². The maximum Gasteiger partial charge on any atom is 0.135 e. The number of rotatable bonds is 2. The maximum absolute atomic E-state index is 8.49. The van der Waals surface area contributed by atoms with Crippen LogP contribution in [0, 0.1) is 45.3 Å². The van der Waals surface area contributed by atoms with Crippen LogP contribution >= 0.6 is 0 Å². The summed E-state index contributed by atoms with van der Waals surface area (Å²) in [6.45, 7) is 0. The molecule has 64 valence electrons. The number of allylic oxidation sites excluding steroid dienone is 3. The van der Waals surface area contributed by atoms with Gasteiger partial charge in [-0.3, -0.25) is 5.87 Å². The van der Waals surface area contributed by atoms with Crippen LogP contribution in [-0.2, 0) is 0 Å². The van der Waals surface area contributed by atoms with E-state index in [0.717, 1.165) is 0 Å². The average molecular weight is 180 g/mol. The van der Waals surface area contributed by atoms with Crippen LogP contribution in [0.1, 0.15) is 6.42 Å². The first kappa shape index (κ1) is 11.1. The molecular weight excluding hydrogens is 178 g/mol. The van der Waals surface area contributed by atoms with Gasteiger partial charge in [-0.25, -0.2) is 0 Å². The van der Waals surface area contributed by atoms with Crippen molar-refractivity contribution >= 4 is 5.87 Å². The molecule has 0 rings (SSSR count). The van der Waals surface area contributed by atoms with Crippen LogP contribution in [0.2, 0.25) is 0 Å². The van der Waals surface area contributed by atoms with Crippen molar-refractivity contribution in [1.29, 1.82) is 21.0 Å². The van der Waals surface area contributed by atoms with Crippen LogP contribution in [-0.4, -0.2) is 5.87 Å². The summed E-state index contributed by atoms with van der Waals surface area (Å²) in [5, 5.41) is 42.3. The molecule has 0 atom stereocenters. The van der Waals surface area contributed by atoms with Crippen LogP contribution in [0.5, 0.6) is 0 Å². The van der Waals surface area contributed by atoms with Gasteiger partial charge in [0.05, 0.1) is 18.1 Å². The predicted molar refractivity (Wildman–Crippen MR) is 46.0 cm³/mol. The fourth-order valence-electron chi connectivity index (χ4n) is 0.701. The van der Waals surface area contributed by atoms with E-state index in [9.17, 15) is 0 Å². The van der Waals surface area contributed by atoms with Gasteiger partial charge in [0.15, 0.2) is 0 Å². The second kappa shape index (κ2) is 5.76. The minimum atomic E-state index is -0.371. The quantitative estimate of drug-likeness (QED) is 0.356. The molecule has 0 fully saturated rings. The summed E-state index contributed by atoms with van der Waals surface area (Å²) in [5.74, 6) is 1.53. The fourth-order valence-corrected chi connectivity index (χ4v) is 0.701. The Labute approximate surface area is 80.5 Å². The molecule has 0 aliphatic heterocycles. The minimum absolute atomic E-state index is 0.109. The molecule has 0 aromatic heterocycles. The van der Waals surface area contributed by atoms with E-state index in [-0.39, 0.29) is 23.1 Å². The Bertz CT molecular complexity index is 461. The molecule has 0 aromatic rings. The molecule has 0 radical (unpaired) electrons. The first-order chi connectivity index (χ1) is 6.74. The molecule has 5 nitrogen and oxygen atoms in total. The average Bonchev–Trinajstić information content (AvgIpc) is 2.21. The van der Waals surface area contributed by atoms with E-state index in [1.165, 1.54) is 24.1 Å². The van der Waals surface area contributed by atoms with Crippen molar-refractivity contribution in [2.45, 2.75) is 6.42 Å². The summed E-state index contributed by atoms with van der Waals surface area (Å²) in [4.78, 5) is 0. The van der Waals surface area contributed by atoms with Crippen molar-refractivity contribution in [2.75, 3.05) is 0 Å². The van der Waals surface area contributed by atoms with E-state index in [4.69, 9.17) is 26.5 Å². The molecule has 0 saturated carbocycles. The lowest BCUT2D eigenvalue weighted by atomic mass is 10.0. The van der Waals surface area contributed by atoms with Gasteiger partial charge in [0, 0.05) is 5.57 Å². The molecule has 0 unspecified atom stereocenters. The lowest BCUT2D eigenvalue weighted by Gasteiger charge is -1.98. The fraction of sp³-hybridized carbons (Fsp3) is 0.111. The van der Waals surface area contributed by atoms with Gasteiger partial charge >= 0.3 is 0 Å². The Morgan fingerprint density at radius 3 is 1.86 bits per heavy atom. The van der Waals surface area contributed by atoms with Crippen molar-refractivity contribution < 1.29 is 0 Å². The van der Waals surface area contributed by atoms with Gasteiger partial charge in [-0.15, -0.1) is 0 Å². The molecule has 0 saturated heterocycles. The summed E-state index contributed by atoms with van der Waals surface area (Å²) in [6.07, 6.45) is -0.299. The topological polar surface area (TPSA) is 117 Å². The Hall–Kier alpha value is -2.85. The van der Waals surface area contributed by atoms with Crippen LogP contribution < -0.4 is 0 Å². The SMILES string of the molecule is N#CCC(C(=C=[N-])C#N)=C(C#N)C#N. The lowest BCUT2D eigenvalue weighted by Crippen LogP contribution is -1.92. The van der Waals surface area contributed by atoms with Crippen LogP contribution in [0.25, 0.3) is 5.41 Å². The minimum Gasteiger partial charge on any atom is -0.762 e. The molecule has 0 aromatic carbocycles. The molecule has 5 heteroatoms.